The van der Waals surface area contributed by atoms with Gasteiger partial charge in [-0.05, 0) is 25.7 Å². The Morgan fingerprint density at radius 1 is 1.12 bits per heavy atom. The Balaban J connectivity index is 1.73. The molecule has 0 amide bonds. The lowest BCUT2D eigenvalue weighted by atomic mass is 9.94. The molecule has 1 atom stereocenters. The van der Waals surface area contributed by atoms with E-state index in [0.29, 0.717) is 6.04 Å². The standard InChI is InChI=1S/C13H25NO2/c15-13(7-3-1-2-4-8-13)11-14-12-6-5-9-16-10-12/h12,14-15H,1-11H2. The topological polar surface area (TPSA) is 41.5 Å². The summed E-state index contributed by atoms with van der Waals surface area (Å²) in [5.41, 5.74) is -0.450. The lowest BCUT2D eigenvalue weighted by Gasteiger charge is -2.31. The molecule has 1 saturated heterocycles. The van der Waals surface area contributed by atoms with E-state index >= 15 is 0 Å². The molecule has 1 unspecified atom stereocenters. The predicted octanol–water partition coefficient (Wildman–Crippen LogP) is 1.84. The van der Waals surface area contributed by atoms with E-state index in [1.54, 1.807) is 0 Å². The van der Waals surface area contributed by atoms with Crippen molar-refractivity contribution in [3.8, 4) is 0 Å². The van der Waals surface area contributed by atoms with E-state index in [-0.39, 0.29) is 0 Å². The van der Waals surface area contributed by atoms with Crippen LogP contribution >= 0.6 is 0 Å². The van der Waals surface area contributed by atoms with E-state index in [0.717, 1.165) is 39.0 Å². The fraction of sp³-hybridized carbons (Fsp3) is 1.00. The Kier molecular flexibility index (Phi) is 4.62. The first kappa shape index (κ1) is 12.3. The van der Waals surface area contributed by atoms with Crippen LogP contribution in [-0.2, 0) is 4.74 Å². The summed E-state index contributed by atoms with van der Waals surface area (Å²) in [6, 6.07) is 0.459. The quantitative estimate of drug-likeness (QED) is 0.723. The van der Waals surface area contributed by atoms with Gasteiger partial charge >= 0.3 is 0 Å². The van der Waals surface area contributed by atoms with E-state index in [4.69, 9.17) is 4.74 Å². The molecule has 0 spiro atoms. The van der Waals surface area contributed by atoms with Gasteiger partial charge in [-0.15, -0.1) is 0 Å². The fourth-order valence-corrected chi connectivity index (χ4v) is 2.80. The Morgan fingerprint density at radius 2 is 1.88 bits per heavy atom. The van der Waals surface area contributed by atoms with Gasteiger partial charge in [0.05, 0.1) is 12.2 Å². The van der Waals surface area contributed by atoms with Crippen molar-refractivity contribution in [3.63, 3.8) is 0 Å². The Morgan fingerprint density at radius 3 is 2.50 bits per heavy atom. The van der Waals surface area contributed by atoms with Crippen LogP contribution in [-0.4, -0.2) is 36.5 Å². The van der Waals surface area contributed by atoms with Crippen LogP contribution in [0.3, 0.4) is 0 Å². The summed E-state index contributed by atoms with van der Waals surface area (Å²) in [7, 11) is 0. The summed E-state index contributed by atoms with van der Waals surface area (Å²) in [6.07, 6.45) is 9.20. The third-order valence-corrected chi connectivity index (χ3v) is 3.91. The van der Waals surface area contributed by atoms with Gasteiger partial charge in [-0.2, -0.15) is 0 Å². The highest BCUT2D eigenvalue weighted by Gasteiger charge is 2.28. The van der Waals surface area contributed by atoms with Gasteiger partial charge in [0.1, 0.15) is 0 Å². The van der Waals surface area contributed by atoms with Crippen LogP contribution in [0.1, 0.15) is 51.4 Å². The average molecular weight is 227 g/mol. The molecule has 94 valence electrons. The molecule has 1 aliphatic heterocycles. The lowest BCUT2D eigenvalue weighted by molar-refractivity contribution is 0.0111. The summed E-state index contributed by atoms with van der Waals surface area (Å²) < 4.78 is 5.44. The minimum Gasteiger partial charge on any atom is -0.389 e. The van der Waals surface area contributed by atoms with Crippen molar-refractivity contribution in [2.45, 2.75) is 63.0 Å². The molecule has 1 heterocycles. The highest BCUT2D eigenvalue weighted by molar-refractivity contribution is 4.85. The molecule has 2 rings (SSSR count). The first-order chi connectivity index (χ1) is 7.79. The lowest BCUT2D eigenvalue weighted by Crippen LogP contribution is -2.46. The molecular formula is C13H25NO2. The predicted molar refractivity (Wildman–Crippen MR) is 64.5 cm³/mol. The number of nitrogens with one attached hydrogen (secondary N) is 1. The maximum atomic E-state index is 10.5. The first-order valence-electron chi connectivity index (χ1n) is 6.82. The summed E-state index contributed by atoms with van der Waals surface area (Å²) >= 11 is 0. The summed E-state index contributed by atoms with van der Waals surface area (Å²) in [4.78, 5) is 0. The Hall–Kier alpha value is -0.120. The summed E-state index contributed by atoms with van der Waals surface area (Å²) in [5, 5.41) is 14.0. The molecule has 2 fully saturated rings. The summed E-state index contributed by atoms with van der Waals surface area (Å²) in [5.74, 6) is 0. The molecule has 0 aromatic carbocycles. The van der Waals surface area contributed by atoms with Crippen molar-refractivity contribution in [1.29, 1.82) is 0 Å². The zero-order valence-corrected chi connectivity index (χ0v) is 10.2. The molecule has 2 N–H and O–H groups in total. The number of hydrogen-bond donors (Lipinski definition) is 2. The van der Waals surface area contributed by atoms with Crippen LogP contribution in [0.4, 0.5) is 0 Å². The number of hydrogen-bond acceptors (Lipinski definition) is 3. The molecule has 3 heteroatoms. The van der Waals surface area contributed by atoms with E-state index in [2.05, 4.69) is 5.32 Å². The monoisotopic (exact) mass is 227 g/mol. The highest BCUT2D eigenvalue weighted by atomic mass is 16.5. The van der Waals surface area contributed by atoms with E-state index in [9.17, 15) is 5.11 Å². The zero-order chi connectivity index (χ0) is 11.3. The molecule has 16 heavy (non-hydrogen) atoms. The smallest absolute Gasteiger partial charge is 0.0771 e. The zero-order valence-electron chi connectivity index (χ0n) is 10.2. The van der Waals surface area contributed by atoms with Crippen LogP contribution in [0.5, 0.6) is 0 Å². The molecule has 0 radical (unpaired) electrons. The fourth-order valence-electron chi connectivity index (χ4n) is 2.80. The molecular weight excluding hydrogens is 202 g/mol. The normalized spacial score (nSPS) is 30.9. The molecule has 3 nitrogen and oxygen atoms in total. The minimum absolute atomic E-state index is 0.450. The number of rotatable bonds is 3. The molecule has 1 aliphatic carbocycles. The van der Waals surface area contributed by atoms with Crippen LogP contribution in [0, 0.1) is 0 Å². The van der Waals surface area contributed by atoms with Crippen molar-refractivity contribution in [2.24, 2.45) is 0 Å². The molecule has 1 saturated carbocycles. The van der Waals surface area contributed by atoms with Gasteiger partial charge in [0.2, 0.25) is 0 Å². The van der Waals surface area contributed by atoms with Crippen molar-refractivity contribution < 1.29 is 9.84 Å². The Bertz CT molecular complexity index is 194. The number of aliphatic hydroxyl groups is 1. The SMILES string of the molecule is OC1(CNC2CCCOC2)CCCCCC1. The van der Waals surface area contributed by atoms with Crippen molar-refractivity contribution in [1.82, 2.24) is 5.32 Å². The number of ether oxygens (including phenoxy) is 1. The van der Waals surface area contributed by atoms with Crippen molar-refractivity contribution in [3.05, 3.63) is 0 Å². The van der Waals surface area contributed by atoms with Crippen molar-refractivity contribution in [2.75, 3.05) is 19.8 Å². The largest absolute Gasteiger partial charge is 0.389 e. The van der Waals surface area contributed by atoms with E-state index < -0.39 is 5.60 Å². The van der Waals surface area contributed by atoms with Crippen LogP contribution in [0.25, 0.3) is 0 Å². The van der Waals surface area contributed by atoms with Gasteiger partial charge in [0, 0.05) is 19.2 Å². The van der Waals surface area contributed by atoms with Gasteiger partial charge in [-0.3, -0.25) is 0 Å². The van der Waals surface area contributed by atoms with Gasteiger partial charge < -0.3 is 15.2 Å². The second kappa shape index (κ2) is 5.99. The van der Waals surface area contributed by atoms with Crippen LogP contribution in [0.2, 0.25) is 0 Å². The third kappa shape index (κ3) is 3.72. The van der Waals surface area contributed by atoms with E-state index in [1.807, 2.05) is 0 Å². The molecule has 0 bridgehead atoms. The highest BCUT2D eigenvalue weighted by Crippen LogP contribution is 2.26. The van der Waals surface area contributed by atoms with E-state index in [1.165, 1.54) is 32.1 Å². The maximum absolute atomic E-state index is 10.5. The van der Waals surface area contributed by atoms with Crippen molar-refractivity contribution >= 4 is 0 Å². The first-order valence-corrected chi connectivity index (χ1v) is 6.82. The minimum atomic E-state index is -0.450. The van der Waals surface area contributed by atoms with Gasteiger partial charge in [0.25, 0.3) is 0 Å². The van der Waals surface area contributed by atoms with Crippen LogP contribution in [0.15, 0.2) is 0 Å². The molecule has 0 aromatic heterocycles. The second-order valence-corrected chi connectivity index (χ2v) is 5.43. The van der Waals surface area contributed by atoms with Gasteiger partial charge in [-0.1, -0.05) is 25.7 Å². The van der Waals surface area contributed by atoms with Crippen LogP contribution < -0.4 is 5.32 Å². The third-order valence-electron chi connectivity index (χ3n) is 3.91. The van der Waals surface area contributed by atoms with Gasteiger partial charge in [0.15, 0.2) is 0 Å². The maximum Gasteiger partial charge on any atom is 0.0771 e. The molecule has 0 aromatic rings. The molecule has 2 aliphatic rings. The second-order valence-electron chi connectivity index (χ2n) is 5.43. The van der Waals surface area contributed by atoms with Gasteiger partial charge in [-0.25, -0.2) is 0 Å². The summed E-state index contributed by atoms with van der Waals surface area (Å²) in [6.45, 7) is 2.47. The Labute approximate surface area is 98.6 Å². The average Bonchev–Trinajstić information content (AvgIpc) is 2.54.